The van der Waals surface area contributed by atoms with E-state index >= 15 is 0 Å². The summed E-state index contributed by atoms with van der Waals surface area (Å²) in [7, 11) is 1.59. The molecule has 2 aromatic heterocycles. The number of nitrogen functional groups attached to an aromatic ring is 1. The number of nitriles is 1. The smallest absolute Gasteiger partial charge is 0.259 e. The quantitative estimate of drug-likeness (QED) is 0.0599. The van der Waals surface area contributed by atoms with Crippen molar-refractivity contribution < 1.29 is 32.7 Å². The second-order valence-electron chi connectivity index (χ2n) is 14.3. The summed E-state index contributed by atoms with van der Waals surface area (Å²) in [5, 5.41) is 9.41. The first-order valence-corrected chi connectivity index (χ1v) is 19.7. The van der Waals surface area contributed by atoms with Crippen LogP contribution in [-0.4, -0.2) is 88.1 Å². The van der Waals surface area contributed by atoms with Gasteiger partial charge in [-0.15, -0.1) is 0 Å². The monoisotopic (exact) mass is 781 g/mol. The lowest BCUT2D eigenvalue weighted by Crippen LogP contribution is -2.49. The van der Waals surface area contributed by atoms with Crippen molar-refractivity contribution in [3.8, 4) is 17.6 Å². The van der Waals surface area contributed by atoms with Gasteiger partial charge in [0.2, 0.25) is 0 Å². The van der Waals surface area contributed by atoms with Crippen molar-refractivity contribution in [3.63, 3.8) is 0 Å². The van der Waals surface area contributed by atoms with Crippen molar-refractivity contribution in [3.05, 3.63) is 108 Å². The number of nitrogens with zero attached hydrogens (tertiary/aromatic N) is 6. The number of imidazole rings is 1. The Bertz CT molecular complexity index is 2060. The maximum Gasteiger partial charge on any atom is 0.259 e. The standard InChI is InChI=1S/C41H48N7O7P/c1-27(2)48(28(3)4)56(53-22-10-21-42)55-36-35-39(47-26-46-34-37(43)44-25-45-38(34)47)54-40(36,23-51-35)24-52-41(29-11-8-7-9-12-29,30-13-17-32(49-5)18-14-30)31-15-19-33(50-6)20-16-31/h7-9,11-20,25-28,35-36,39H,10,22-24H2,1-6H3,(H2,43,44,45)/t35-,36+,39-,40-,56?/m1/s1. The number of anilines is 1. The normalized spacial score (nSPS) is 21.2. The zero-order valence-electron chi connectivity index (χ0n) is 32.4. The Morgan fingerprint density at radius 3 is 2.14 bits per heavy atom. The SMILES string of the molecule is COc1ccc(C(OC[C@@]23CO[C@@H]([C@H](n4cnc5c(N)ncnc54)O2)[C@@H]3OP(OCCC#N)N(C(C)C)C(C)C)(c2ccccc2)c2ccc(OC)cc2)cc1. The number of hydrogen-bond donors (Lipinski definition) is 1. The van der Waals surface area contributed by atoms with Crippen LogP contribution in [0.15, 0.2) is 91.5 Å². The summed E-state index contributed by atoms with van der Waals surface area (Å²) >= 11 is 0. The summed E-state index contributed by atoms with van der Waals surface area (Å²) in [5.41, 5.74) is 7.51. The van der Waals surface area contributed by atoms with Crippen LogP contribution in [0.1, 0.15) is 57.0 Å². The Hall–Kier alpha value is -4.71. The minimum Gasteiger partial charge on any atom is -0.497 e. The van der Waals surface area contributed by atoms with Gasteiger partial charge in [0.25, 0.3) is 8.53 Å². The lowest BCUT2D eigenvalue weighted by Gasteiger charge is -2.41. The van der Waals surface area contributed by atoms with Gasteiger partial charge in [-0.05, 0) is 68.7 Å². The summed E-state index contributed by atoms with van der Waals surface area (Å²) in [4.78, 5) is 13.2. The lowest BCUT2D eigenvalue weighted by molar-refractivity contribution is -0.202. The molecule has 2 saturated heterocycles. The molecule has 56 heavy (non-hydrogen) atoms. The van der Waals surface area contributed by atoms with Gasteiger partial charge >= 0.3 is 0 Å². The first-order valence-electron chi connectivity index (χ1n) is 18.6. The molecule has 0 spiro atoms. The number of ether oxygens (including phenoxy) is 5. The summed E-state index contributed by atoms with van der Waals surface area (Å²) < 4.78 is 49.9. The maximum absolute atomic E-state index is 9.41. The van der Waals surface area contributed by atoms with Gasteiger partial charge in [0.1, 0.15) is 46.8 Å². The average Bonchev–Trinajstić information content (AvgIpc) is 3.89. The molecule has 2 aliphatic heterocycles. The zero-order chi connectivity index (χ0) is 39.5. The Kier molecular flexibility index (Phi) is 11.9. The van der Waals surface area contributed by atoms with Crippen molar-refractivity contribution >= 4 is 25.5 Å². The molecule has 5 aromatic rings. The zero-order valence-corrected chi connectivity index (χ0v) is 33.3. The fraction of sp³-hybridized carbons (Fsp3) is 0.415. The summed E-state index contributed by atoms with van der Waals surface area (Å²) in [6.45, 7) is 8.82. The third kappa shape index (κ3) is 7.32. The largest absolute Gasteiger partial charge is 0.497 e. The van der Waals surface area contributed by atoms with E-state index in [1.54, 1.807) is 20.5 Å². The molecule has 14 nitrogen and oxygen atoms in total. The number of benzene rings is 3. The summed E-state index contributed by atoms with van der Waals surface area (Å²) in [6.07, 6.45) is 1.24. The molecule has 0 aliphatic carbocycles. The fourth-order valence-electron chi connectivity index (χ4n) is 7.63. The van der Waals surface area contributed by atoms with E-state index in [-0.39, 0.29) is 44.1 Å². The molecule has 2 bridgehead atoms. The summed E-state index contributed by atoms with van der Waals surface area (Å²) in [5.74, 6) is 1.69. The van der Waals surface area contributed by atoms with Gasteiger partial charge in [0.05, 0.1) is 52.9 Å². The number of methoxy groups -OCH3 is 2. The molecule has 5 atom stereocenters. The van der Waals surface area contributed by atoms with E-state index in [4.69, 9.17) is 38.5 Å². The van der Waals surface area contributed by atoms with E-state index < -0.39 is 38.2 Å². The Balaban J connectivity index is 1.35. The number of nitrogens with two attached hydrogens (primary N) is 1. The van der Waals surface area contributed by atoms with Crippen LogP contribution >= 0.6 is 8.53 Å². The van der Waals surface area contributed by atoms with E-state index in [0.717, 1.165) is 16.7 Å². The Morgan fingerprint density at radius 1 is 0.929 bits per heavy atom. The molecule has 0 radical (unpaired) electrons. The molecule has 2 aliphatic rings. The van der Waals surface area contributed by atoms with Crippen molar-refractivity contribution in [1.29, 1.82) is 5.26 Å². The number of rotatable bonds is 17. The predicted octanol–water partition coefficient (Wildman–Crippen LogP) is 6.76. The van der Waals surface area contributed by atoms with Crippen LogP contribution in [0.5, 0.6) is 11.5 Å². The minimum atomic E-state index is -1.70. The molecule has 1 unspecified atom stereocenters. The molecule has 3 aromatic carbocycles. The van der Waals surface area contributed by atoms with Gasteiger partial charge < -0.3 is 38.5 Å². The fourth-order valence-corrected chi connectivity index (χ4v) is 9.44. The second kappa shape index (κ2) is 16.8. The van der Waals surface area contributed by atoms with Gasteiger partial charge in [-0.1, -0.05) is 54.6 Å². The maximum atomic E-state index is 9.41. The first kappa shape index (κ1) is 39.5. The van der Waals surface area contributed by atoms with Crippen LogP contribution in [0, 0.1) is 11.3 Å². The Labute approximate surface area is 328 Å². The lowest BCUT2D eigenvalue weighted by atomic mass is 9.79. The van der Waals surface area contributed by atoms with Crippen LogP contribution in [0.2, 0.25) is 0 Å². The van der Waals surface area contributed by atoms with Crippen LogP contribution in [-0.2, 0) is 28.9 Å². The number of fused-ring (bicyclic) bond motifs is 3. The highest BCUT2D eigenvalue weighted by molar-refractivity contribution is 7.44. The third-order valence-corrected chi connectivity index (χ3v) is 12.3. The van der Waals surface area contributed by atoms with Gasteiger partial charge in [0.15, 0.2) is 17.7 Å². The van der Waals surface area contributed by atoms with Gasteiger partial charge in [0, 0.05) is 12.1 Å². The van der Waals surface area contributed by atoms with E-state index in [9.17, 15) is 5.26 Å². The molecular weight excluding hydrogens is 733 g/mol. The second-order valence-corrected chi connectivity index (χ2v) is 15.7. The molecule has 2 N–H and O–H groups in total. The topological polar surface area (TPSA) is 161 Å². The molecule has 0 saturated carbocycles. The molecule has 2 fully saturated rings. The van der Waals surface area contributed by atoms with Gasteiger partial charge in [-0.2, -0.15) is 5.26 Å². The molecule has 0 amide bonds. The number of aromatic nitrogens is 4. The van der Waals surface area contributed by atoms with Crippen molar-refractivity contribution in [2.75, 3.05) is 39.8 Å². The Morgan fingerprint density at radius 2 is 1.55 bits per heavy atom. The highest BCUT2D eigenvalue weighted by atomic mass is 31.2. The van der Waals surface area contributed by atoms with E-state index in [0.29, 0.717) is 22.7 Å². The van der Waals surface area contributed by atoms with Gasteiger partial charge in [-0.3, -0.25) is 4.57 Å². The highest BCUT2D eigenvalue weighted by Crippen LogP contribution is 2.56. The molecular formula is C41H48N7O7P. The van der Waals surface area contributed by atoms with Crippen molar-refractivity contribution in [1.82, 2.24) is 24.2 Å². The first-order chi connectivity index (χ1) is 27.2. The van der Waals surface area contributed by atoms with E-state index in [1.165, 1.54) is 6.33 Å². The number of hydrogen-bond acceptors (Lipinski definition) is 13. The van der Waals surface area contributed by atoms with Crippen molar-refractivity contribution in [2.24, 2.45) is 0 Å². The average molecular weight is 782 g/mol. The van der Waals surface area contributed by atoms with Crippen LogP contribution in [0.25, 0.3) is 11.2 Å². The van der Waals surface area contributed by atoms with E-state index in [2.05, 4.69) is 65.5 Å². The van der Waals surface area contributed by atoms with Crippen LogP contribution in [0.4, 0.5) is 5.82 Å². The summed E-state index contributed by atoms with van der Waals surface area (Å²) in [6, 6.07) is 28.2. The highest BCUT2D eigenvalue weighted by Gasteiger charge is 2.65. The van der Waals surface area contributed by atoms with E-state index in [1.807, 2.05) is 71.3 Å². The third-order valence-electron chi connectivity index (χ3n) is 10.2. The predicted molar refractivity (Wildman–Crippen MR) is 211 cm³/mol. The minimum absolute atomic E-state index is 0.0338. The molecule has 294 valence electrons. The van der Waals surface area contributed by atoms with Crippen LogP contribution < -0.4 is 15.2 Å². The molecule has 4 heterocycles. The molecule has 7 rings (SSSR count). The van der Waals surface area contributed by atoms with Crippen molar-refractivity contribution in [2.45, 2.75) is 75.8 Å². The molecule has 15 heteroatoms. The van der Waals surface area contributed by atoms with Crippen LogP contribution in [0.3, 0.4) is 0 Å². The van der Waals surface area contributed by atoms with Gasteiger partial charge in [-0.25, -0.2) is 19.6 Å².